The number of carbonyl (C=O) groups is 1. The number of pyridine rings is 1. The number of alkyl halides is 3. The molecular formula is C18H14F3N7O2. The first-order chi connectivity index (χ1) is 14.3. The molecular weight excluding hydrogens is 403 g/mol. The van der Waals surface area contributed by atoms with Gasteiger partial charge in [-0.3, -0.25) is 4.79 Å². The van der Waals surface area contributed by atoms with E-state index >= 15 is 0 Å². The van der Waals surface area contributed by atoms with Gasteiger partial charge in [-0.1, -0.05) is 6.07 Å². The molecule has 0 bridgehead atoms. The molecule has 1 unspecified atom stereocenters. The second-order valence-corrected chi connectivity index (χ2v) is 6.86. The maximum Gasteiger partial charge on any atom is 0.433 e. The zero-order chi connectivity index (χ0) is 21.0. The number of aromatic amines is 1. The summed E-state index contributed by atoms with van der Waals surface area (Å²) in [6.45, 7) is 1.84. The Bertz CT molecular complexity index is 1260. The third-order valence-corrected chi connectivity index (χ3v) is 4.97. The molecule has 5 rings (SSSR count). The Kier molecular flexibility index (Phi) is 3.91. The van der Waals surface area contributed by atoms with Crippen molar-refractivity contribution in [1.82, 2.24) is 34.7 Å². The number of nitrogens with zero attached hydrogens (tertiary/aromatic N) is 6. The van der Waals surface area contributed by atoms with Crippen LogP contribution in [-0.2, 0) is 12.6 Å². The molecule has 1 atom stereocenters. The Morgan fingerprint density at radius 3 is 2.87 bits per heavy atom. The van der Waals surface area contributed by atoms with Gasteiger partial charge in [0.05, 0.1) is 23.2 Å². The van der Waals surface area contributed by atoms with Gasteiger partial charge in [-0.15, -0.1) is 10.2 Å². The number of halogens is 3. The number of amides is 1. The van der Waals surface area contributed by atoms with Crippen LogP contribution in [0.25, 0.3) is 5.52 Å². The molecule has 0 aromatic carbocycles. The fraction of sp³-hybridized carbons (Fsp3) is 0.278. The SMILES string of the molecule is Cc1nnc(C(=O)N2CCc3[nH]cnc3C2c2cc3cccc(C(F)(F)F)n3n2)o1. The van der Waals surface area contributed by atoms with E-state index in [0.717, 1.165) is 16.3 Å². The summed E-state index contributed by atoms with van der Waals surface area (Å²) < 4.78 is 46.3. The summed E-state index contributed by atoms with van der Waals surface area (Å²) in [5, 5.41) is 11.6. The average Bonchev–Trinajstić information content (AvgIpc) is 3.43. The first-order valence-corrected chi connectivity index (χ1v) is 9.02. The number of carbonyl (C=O) groups excluding carboxylic acids is 1. The van der Waals surface area contributed by atoms with E-state index in [0.29, 0.717) is 12.1 Å². The number of H-pyrrole nitrogens is 1. The fourth-order valence-corrected chi connectivity index (χ4v) is 3.68. The van der Waals surface area contributed by atoms with Crippen molar-refractivity contribution >= 4 is 11.4 Å². The number of nitrogens with one attached hydrogen (secondary N) is 1. The number of hydrogen-bond donors (Lipinski definition) is 1. The Balaban J connectivity index is 1.65. The van der Waals surface area contributed by atoms with Gasteiger partial charge in [-0.2, -0.15) is 18.3 Å². The molecule has 0 saturated heterocycles. The van der Waals surface area contributed by atoms with Gasteiger partial charge in [0.25, 0.3) is 0 Å². The average molecular weight is 417 g/mol. The zero-order valence-corrected chi connectivity index (χ0v) is 15.5. The highest BCUT2D eigenvalue weighted by Gasteiger charge is 2.39. The number of rotatable bonds is 2. The van der Waals surface area contributed by atoms with Crippen LogP contribution in [-0.4, -0.2) is 47.1 Å². The third-order valence-electron chi connectivity index (χ3n) is 4.97. The Labute approximate surface area is 166 Å². The molecule has 9 nitrogen and oxygen atoms in total. The molecule has 1 aliphatic rings. The maximum absolute atomic E-state index is 13.4. The standard InChI is InChI=1S/C18H14F3N7O2/c1-9-24-25-16(30-9)17(29)27-6-5-11-14(23-8-22-11)15(27)12-7-10-3-2-4-13(18(19,20)21)28(10)26-12/h2-4,7-8,15H,5-6H2,1H3,(H,22,23). The van der Waals surface area contributed by atoms with E-state index in [-0.39, 0.29) is 29.5 Å². The summed E-state index contributed by atoms with van der Waals surface area (Å²) in [4.78, 5) is 21.8. The van der Waals surface area contributed by atoms with Crippen molar-refractivity contribution in [3.05, 3.63) is 65.1 Å². The molecule has 0 spiro atoms. The van der Waals surface area contributed by atoms with Crippen LogP contribution in [0.2, 0.25) is 0 Å². The number of imidazole rings is 1. The topological polar surface area (TPSA) is 105 Å². The van der Waals surface area contributed by atoms with Crippen molar-refractivity contribution < 1.29 is 22.4 Å². The van der Waals surface area contributed by atoms with Gasteiger partial charge in [-0.05, 0) is 18.2 Å². The quantitative estimate of drug-likeness (QED) is 0.538. The Hall–Kier alpha value is -3.70. The summed E-state index contributed by atoms with van der Waals surface area (Å²) in [5.74, 6) is -0.506. The molecule has 1 N–H and O–H groups in total. The molecule has 0 radical (unpaired) electrons. The van der Waals surface area contributed by atoms with Crippen LogP contribution < -0.4 is 0 Å². The highest BCUT2D eigenvalue weighted by molar-refractivity contribution is 5.90. The smallest absolute Gasteiger partial charge is 0.417 e. The number of hydrogen-bond acceptors (Lipinski definition) is 6. The van der Waals surface area contributed by atoms with Crippen LogP contribution >= 0.6 is 0 Å². The van der Waals surface area contributed by atoms with E-state index in [1.165, 1.54) is 29.4 Å². The second kappa shape index (κ2) is 6.40. The number of aryl methyl sites for hydroxylation is 1. The lowest BCUT2D eigenvalue weighted by atomic mass is 9.99. The van der Waals surface area contributed by atoms with Gasteiger partial charge in [0.2, 0.25) is 5.89 Å². The van der Waals surface area contributed by atoms with E-state index in [4.69, 9.17) is 4.42 Å². The van der Waals surface area contributed by atoms with Gasteiger partial charge < -0.3 is 14.3 Å². The van der Waals surface area contributed by atoms with Gasteiger partial charge >= 0.3 is 18.0 Å². The predicted molar refractivity (Wildman–Crippen MR) is 94.4 cm³/mol. The van der Waals surface area contributed by atoms with Crippen LogP contribution in [0.1, 0.15) is 45.4 Å². The molecule has 0 fully saturated rings. The van der Waals surface area contributed by atoms with Crippen LogP contribution in [0, 0.1) is 6.92 Å². The molecule has 0 saturated carbocycles. The second-order valence-electron chi connectivity index (χ2n) is 6.86. The lowest BCUT2D eigenvalue weighted by Crippen LogP contribution is -2.41. The van der Waals surface area contributed by atoms with E-state index in [9.17, 15) is 18.0 Å². The van der Waals surface area contributed by atoms with Crippen molar-refractivity contribution in [2.45, 2.75) is 25.6 Å². The maximum atomic E-state index is 13.4. The first-order valence-electron chi connectivity index (χ1n) is 9.02. The van der Waals surface area contributed by atoms with Crippen molar-refractivity contribution in [2.75, 3.05) is 6.54 Å². The summed E-state index contributed by atoms with van der Waals surface area (Å²) in [7, 11) is 0. The molecule has 0 aliphatic carbocycles. The van der Waals surface area contributed by atoms with Gasteiger partial charge in [0, 0.05) is 25.6 Å². The van der Waals surface area contributed by atoms with Crippen molar-refractivity contribution in [3.63, 3.8) is 0 Å². The highest BCUT2D eigenvalue weighted by Crippen LogP contribution is 2.35. The van der Waals surface area contributed by atoms with Gasteiger partial charge in [0.15, 0.2) is 0 Å². The monoisotopic (exact) mass is 417 g/mol. The number of aromatic nitrogens is 6. The summed E-state index contributed by atoms with van der Waals surface area (Å²) in [5.41, 5.74) is 0.907. The molecule has 4 aromatic rings. The summed E-state index contributed by atoms with van der Waals surface area (Å²) in [6, 6.07) is 4.50. The normalized spacial score (nSPS) is 16.8. The predicted octanol–water partition coefficient (Wildman–Crippen LogP) is 2.56. The van der Waals surface area contributed by atoms with Crippen LogP contribution in [0.4, 0.5) is 13.2 Å². The van der Waals surface area contributed by atoms with E-state index in [2.05, 4.69) is 25.3 Å². The van der Waals surface area contributed by atoms with Crippen LogP contribution in [0.15, 0.2) is 35.0 Å². The summed E-state index contributed by atoms with van der Waals surface area (Å²) in [6.07, 6.45) is -2.60. The minimum atomic E-state index is -4.58. The minimum absolute atomic E-state index is 0.198. The van der Waals surface area contributed by atoms with Crippen LogP contribution in [0.3, 0.4) is 0 Å². The molecule has 12 heteroatoms. The lowest BCUT2D eigenvalue weighted by molar-refractivity contribution is -0.142. The molecule has 30 heavy (non-hydrogen) atoms. The Morgan fingerprint density at radius 1 is 1.30 bits per heavy atom. The van der Waals surface area contributed by atoms with E-state index in [1.54, 1.807) is 6.92 Å². The largest absolute Gasteiger partial charge is 0.433 e. The van der Waals surface area contributed by atoms with Crippen LogP contribution in [0.5, 0.6) is 0 Å². The molecule has 154 valence electrons. The van der Waals surface area contributed by atoms with E-state index in [1.807, 2.05) is 0 Å². The molecule has 1 amide bonds. The van der Waals surface area contributed by atoms with Gasteiger partial charge in [0.1, 0.15) is 11.7 Å². The molecule has 4 aromatic heterocycles. The molecule has 5 heterocycles. The summed E-state index contributed by atoms with van der Waals surface area (Å²) >= 11 is 0. The number of fused-ring (bicyclic) bond motifs is 2. The molecule has 1 aliphatic heterocycles. The zero-order valence-electron chi connectivity index (χ0n) is 15.5. The lowest BCUT2D eigenvalue weighted by Gasteiger charge is -2.32. The van der Waals surface area contributed by atoms with E-state index < -0.39 is 23.8 Å². The third kappa shape index (κ3) is 2.83. The van der Waals surface area contributed by atoms with Crippen molar-refractivity contribution in [2.24, 2.45) is 0 Å². The first kappa shape index (κ1) is 18.3. The fourth-order valence-electron chi connectivity index (χ4n) is 3.68. The minimum Gasteiger partial charge on any atom is -0.417 e. The van der Waals surface area contributed by atoms with Crippen molar-refractivity contribution in [3.8, 4) is 0 Å². The highest BCUT2D eigenvalue weighted by atomic mass is 19.4. The van der Waals surface area contributed by atoms with Crippen molar-refractivity contribution in [1.29, 1.82) is 0 Å². The Morgan fingerprint density at radius 2 is 2.13 bits per heavy atom. The van der Waals surface area contributed by atoms with Gasteiger partial charge in [-0.25, -0.2) is 9.50 Å².